The molecule has 1 aromatic heterocycles. The average molecular weight is 426 g/mol. The molecule has 0 fully saturated rings. The number of carbonyl (C=O) groups is 1. The van der Waals surface area contributed by atoms with Crippen LogP contribution in [0.4, 0.5) is 0 Å². The van der Waals surface area contributed by atoms with Gasteiger partial charge in [0.15, 0.2) is 6.10 Å². The zero-order chi connectivity index (χ0) is 22.3. The maximum Gasteiger partial charge on any atom is 0.273 e. The van der Waals surface area contributed by atoms with Gasteiger partial charge in [-0.3, -0.25) is 4.79 Å². The second-order valence-corrected chi connectivity index (χ2v) is 6.99. The third-order valence-corrected chi connectivity index (χ3v) is 4.87. The topological polar surface area (TPSA) is 88.7 Å². The van der Waals surface area contributed by atoms with Gasteiger partial charge in [-0.15, -0.1) is 0 Å². The number of amides is 1. The largest absolute Gasteiger partial charge is 0.497 e. The number of nitrogens with zero attached hydrogens (tertiary/aromatic N) is 3. The number of hydrogen-bond acceptors (Lipinski definition) is 5. The molecule has 1 heterocycles. The number of nitrogens with one attached hydrogen (secondary N) is 1. The number of ether oxygens (including phenoxy) is 1. The number of aromatic nitrogens is 2. The average Bonchev–Trinajstić information content (AvgIpc) is 3.29. The van der Waals surface area contributed by atoms with Gasteiger partial charge in [-0.05, 0) is 42.0 Å². The minimum absolute atomic E-state index is 0.496. The summed E-state index contributed by atoms with van der Waals surface area (Å²) in [5.41, 5.74) is 6.06. The molecule has 0 bridgehead atoms. The van der Waals surface area contributed by atoms with Crippen LogP contribution in [0, 0.1) is 0 Å². The number of benzene rings is 3. The summed E-state index contributed by atoms with van der Waals surface area (Å²) in [6.07, 6.45) is 2.04. The number of aliphatic hydroxyl groups excluding tert-OH is 1. The van der Waals surface area contributed by atoms with Gasteiger partial charge in [0, 0.05) is 17.3 Å². The molecular weight excluding hydrogens is 404 g/mol. The van der Waals surface area contributed by atoms with E-state index in [0.29, 0.717) is 16.8 Å². The molecule has 160 valence electrons. The molecule has 0 aliphatic carbocycles. The van der Waals surface area contributed by atoms with Gasteiger partial charge in [-0.25, -0.2) is 10.1 Å². The minimum atomic E-state index is -1.30. The number of carbonyl (C=O) groups excluding carboxylic acids is 1. The van der Waals surface area contributed by atoms with E-state index in [2.05, 4.69) is 10.5 Å². The molecule has 4 aromatic rings. The molecule has 1 unspecified atom stereocenters. The van der Waals surface area contributed by atoms with Crippen molar-refractivity contribution in [1.29, 1.82) is 0 Å². The summed E-state index contributed by atoms with van der Waals surface area (Å²) in [6, 6.07) is 25.9. The van der Waals surface area contributed by atoms with Crippen LogP contribution < -0.4 is 10.2 Å². The second-order valence-electron chi connectivity index (χ2n) is 6.99. The van der Waals surface area contributed by atoms with Crippen LogP contribution in [-0.4, -0.2) is 34.1 Å². The Morgan fingerprint density at radius 1 is 1.03 bits per heavy atom. The van der Waals surface area contributed by atoms with E-state index < -0.39 is 12.0 Å². The zero-order valence-corrected chi connectivity index (χ0v) is 17.4. The SMILES string of the molecule is COc1ccc(-c2nn(-c3ccccc3)cc2/C=N/NC(=O)C(O)c2ccccc2)cc1. The van der Waals surface area contributed by atoms with Crippen LogP contribution in [0.15, 0.2) is 96.2 Å². The Morgan fingerprint density at radius 2 is 1.69 bits per heavy atom. The van der Waals surface area contributed by atoms with Crippen LogP contribution in [0.5, 0.6) is 5.75 Å². The van der Waals surface area contributed by atoms with Gasteiger partial charge in [0.05, 0.1) is 19.0 Å². The van der Waals surface area contributed by atoms with Crippen LogP contribution in [0.3, 0.4) is 0 Å². The Kier molecular flexibility index (Phi) is 6.38. The van der Waals surface area contributed by atoms with Crippen molar-refractivity contribution in [1.82, 2.24) is 15.2 Å². The molecule has 7 heteroatoms. The van der Waals surface area contributed by atoms with E-state index in [9.17, 15) is 9.90 Å². The van der Waals surface area contributed by atoms with E-state index in [-0.39, 0.29) is 0 Å². The van der Waals surface area contributed by atoms with E-state index in [1.807, 2.05) is 66.9 Å². The predicted molar refractivity (Wildman–Crippen MR) is 123 cm³/mol. The molecular formula is C25H22N4O3. The fraction of sp³-hybridized carbons (Fsp3) is 0.0800. The maximum absolute atomic E-state index is 12.3. The highest BCUT2D eigenvalue weighted by atomic mass is 16.5. The second kappa shape index (κ2) is 9.72. The van der Waals surface area contributed by atoms with E-state index in [1.54, 1.807) is 36.1 Å². The first-order chi connectivity index (χ1) is 15.7. The molecule has 0 spiro atoms. The lowest BCUT2D eigenvalue weighted by molar-refractivity contribution is -0.129. The summed E-state index contributed by atoms with van der Waals surface area (Å²) in [5.74, 6) is 0.127. The summed E-state index contributed by atoms with van der Waals surface area (Å²) in [5, 5.41) is 19.0. The van der Waals surface area contributed by atoms with Crippen LogP contribution in [0.25, 0.3) is 16.9 Å². The normalized spacial score (nSPS) is 11.9. The molecule has 1 atom stereocenters. The Hall–Kier alpha value is -4.23. The maximum atomic E-state index is 12.3. The predicted octanol–water partition coefficient (Wildman–Crippen LogP) is 3.73. The van der Waals surface area contributed by atoms with E-state index in [0.717, 1.165) is 17.0 Å². The Balaban J connectivity index is 1.60. The van der Waals surface area contributed by atoms with Crippen LogP contribution in [0.1, 0.15) is 17.2 Å². The third-order valence-electron chi connectivity index (χ3n) is 4.87. The molecule has 4 rings (SSSR count). The molecule has 2 N–H and O–H groups in total. The van der Waals surface area contributed by atoms with Crippen molar-refractivity contribution in [3.63, 3.8) is 0 Å². The standard InChI is InChI=1S/C25H22N4O3/c1-32-22-14-12-18(13-15-22)23-20(17-29(28-23)21-10-6-3-7-11-21)16-26-27-25(31)24(30)19-8-4-2-5-9-19/h2-17,24,30H,1H3,(H,27,31)/b26-16+. The number of para-hydroxylation sites is 1. The highest BCUT2D eigenvalue weighted by molar-refractivity contribution is 5.90. The molecule has 1 amide bonds. The van der Waals surface area contributed by atoms with E-state index in [1.165, 1.54) is 6.21 Å². The van der Waals surface area contributed by atoms with Gasteiger partial charge in [0.25, 0.3) is 5.91 Å². The first kappa shape index (κ1) is 21.0. The van der Waals surface area contributed by atoms with Crippen molar-refractivity contribution < 1.29 is 14.6 Å². The summed E-state index contributed by atoms with van der Waals surface area (Å²) in [6.45, 7) is 0. The van der Waals surface area contributed by atoms with Crippen LogP contribution in [0.2, 0.25) is 0 Å². The van der Waals surface area contributed by atoms with Crippen LogP contribution in [-0.2, 0) is 4.79 Å². The van der Waals surface area contributed by atoms with Gasteiger partial charge in [-0.1, -0.05) is 48.5 Å². The molecule has 3 aromatic carbocycles. The smallest absolute Gasteiger partial charge is 0.273 e. The summed E-state index contributed by atoms with van der Waals surface area (Å²) in [4.78, 5) is 12.3. The third kappa shape index (κ3) is 4.74. The minimum Gasteiger partial charge on any atom is -0.497 e. The molecule has 0 saturated heterocycles. The first-order valence-corrected chi connectivity index (χ1v) is 10.0. The van der Waals surface area contributed by atoms with E-state index in [4.69, 9.17) is 9.84 Å². The van der Waals surface area contributed by atoms with Gasteiger partial charge in [-0.2, -0.15) is 10.2 Å². The van der Waals surface area contributed by atoms with Crippen molar-refractivity contribution >= 4 is 12.1 Å². The highest BCUT2D eigenvalue weighted by Crippen LogP contribution is 2.25. The fourth-order valence-corrected chi connectivity index (χ4v) is 3.18. The molecule has 0 aliphatic heterocycles. The highest BCUT2D eigenvalue weighted by Gasteiger charge is 2.16. The quantitative estimate of drug-likeness (QED) is 0.348. The molecule has 0 aliphatic rings. The van der Waals surface area contributed by atoms with Crippen molar-refractivity contribution in [2.45, 2.75) is 6.10 Å². The number of aliphatic hydroxyl groups is 1. The lowest BCUT2D eigenvalue weighted by atomic mass is 10.1. The van der Waals surface area contributed by atoms with E-state index >= 15 is 0 Å². The van der Waals surface area contributed by atoms with Crippen molar-refractivity contribution in [3.05, 3.63) is 102 Å². The van der Waals surface area contributed by atoms with Crippen molar-refractivity contribution in [2.24, 2.45) is 5.10 Å². The molecule has 7 nitrogen and oxygen atoms in total. The lowest BCUT2D eigenvalue weighted by Gasteiger charge is -2.08. The van der Waals surface area contributed by atoms with Gasteiger partial charge in [0.1, 0.15) is 11.4 Å². The molecule has 32 heavy (non-hydrogen) atoms. The van der Waals surface area contributed by atoms with Crippen LogP contribution >= 0.6 is 0 Å². The Bertz CT molecular complexity index is 1200. The number of rotatable bonds is 7. The monoisotopic (exact) mass is 426 g/mol. The summed E-state index contributed by atoms with van der Waals surface area (Å²) >= 11 is 0. The van der Waals surface area contributed by atoms with Gasteiger partial charge >= 0.3 is 0 Å². The number of hydrazone groups is 1. The van der Waals surface area contributed by atoms with Crippen molar-refractivity contribution in [3.8, 4) is 22.7 Å². The number of methoxy groups -OCH3 is 1. The molecule has 0 saturated carbocycles. The summed E-state index contributed by atoms with van der Waals surface area (Å²) in [7, 11) is 1.61. The Labute approximate surface area is 185 Å². The van der Waals surface area contributed by atoms with Crippen molar-refractivity contribution in [2.75, 3.05) is 7.11 Å². The number of hydrogen-bond donors (Lipinski definition) is 2. The summed E-state index contributed by atoms with van der Waals surface area (Å²) < 4.78 is 6.99. The fourth-order valence-electron chi connectivity index (χ4n) is 3.18. The zero-order valence-electron chi connectivity index (χ0n) is 17.4. The lowest BCUT2D eigenvalue weighted by Crippen LogP contribution is -2.25. The Morgan fingerprint density at radius 3 is 2.34 bits per heavy atom. The van der Waals surface area contributed by atoms with Gasteiger partial charge in [0.2, 0.25) is 0 Å². The molecule has 0 radical (unpaired) electrons. The van der Waals surface area contributed by atoms with Gasteiger partial charge < -0.3 is 9.84 Å². The first-order valence-electron chi connectivity index (χ1n) is 10.0.